The third kappa shape index (κ3) is 6.00. The van der Waals surface area contributed by atoms with E-state index in [4.69, 9.17) is 0 Å². The van der Waals surface area contributed by atoms with Crippen LogP contribution in [0.1, 0.15) is 25.0 Å². The quantitative estimate of drug-likeness (QED) is 0.376. The number of urea groups is 1. The average molecular weight is 449 g/mol. The minimum Gasteiger partial charge on any atom is -0.328 e. The summed E-state index contributed by atoms with van der Waals surface area (Å²) in [7, 11) is 1.77. The van der Waals surface area contributed by atoms with Gasteiger partial charge in [0.15, 0.2) is 5.82 Å². The van der Waals surface area contributed by atoms with Gasteiger partial charge in [0.1, 0.15) is 18.5 Å². The van der Waals surface area contributed by atoms with E-state index in [1.54, 1.807) is 53.4 Å². The van der Waals surface area contributed by atoms with Crippen LogP contribution in [0, 0.1) is 5.82 Å². The maximum atomic E-state index is 13.1. The Morgan fingerprint density at radius 2 is 2.00 bits per heavy atom. The van der Waals surface area contributed by atoms with E-state index in [1.165, 1.54) is 18.5 Å². The molecule has 1 aromatic carbocycles. The largest absolute Gasteiger partial charge is 0.328 e. The molecule has 10 heteroatoms. The molecule has 0 spiro atoms. The highest BCUT2D eigenvalue weighted by molar-refractivity contribution is 5.88. The number of aromatic amines is 1. The molecular weight excluding hydrogens is 423 g/mol. The molecule has 33 heavy (non-hydrogen) atoms. The van der Waals surface area contributed by atoms with Crippen LogP contribution in [0.15, 0.2) is 61.3 Å². The Hall–Kier alpha value is -4.08. The number of aromatic nitrogens is 6. The van der Waals surface area contributed by atoms with Crippen LogP contribution >= 0.6 is 0 Å². The minimum atomic E-state index is -0.258. The molecule has 0 aliphatic heterocycles. The number of nitrogens with one attached hydrogen (secondary N) is 2. The number of rotatable bonds is 9. The molecule has 0 saturated carbocycles. The fourth-order valence-electron chi connectivity index (χ4n) is 3.34. The lowest BCUT2D eigenvalue weighted by molar-refractivity contribution is 0.221. The van der Waals surface area contributed by atoms with Gasteiger partial charge in [0.05, 0.1) is 17.6 Å². The van der Waals surface area contributed by atoms with Gasteiger partial charge >= 0.3 is 6.03 Å². The van der Waals surface area contributed by atoms with Crippen LogP contribution in [0.4, 0.5) is 14.9 Å². The van der Waals surface area contributed by atoms with Crippen molar-refractivity contribution in [1.29, 1.82) is 0 Å². The van der Waals surface area contributed by atoms with Crippen molar-refractivity contribution >= 4 is 11.7 Å². The van der Waals surface area contributed by atoms with Crippen LogP contribution in [0.25, 0.3) is 17.1 Å². The third-order valence-electron chi connectivity index (χ3n) is 5.21. The number of nitrogens with zero attached hydrogens (tertiary/aromatic N) is 6. The summed E-state index contributed by atoms with van der Waals surface area (Å²) in [4.78, 5) is 22.2. The number of carbonyl (C=O) groups excluding carboxylic acids is 1. The zero-order chi connectivity index (χ0) is 23.0. The molecule has 170 valence electrons. The van der Waals surface area contributed by atoms with Gasteiger partial charge in [-0.05, 0) is 61.7 Å². The van der Waals surface area contributed by atoms with Crippen molar-refractivity contribution in [2.24, 2.45) is 0 Å². The molecule has 0 bridgehead atoms. The van der Waals surface area contributed by atoms with Gasteiger partial charge in [-0.25, -0.2) is 23.8 Å². The van der Waals surface area contributed by atoms with Gasteiger partial charge in [-0.15, -0.1) is 0 Å². The zero-order valence-electron chi connectivity index (χ0n) is 18.3. The SMILES string of the molecule is CN(CCCCCc1cc(-c2ccc(F)cc2)n[nH]1)C(=O)Nc1ccc(-n2cncn2)nc1. The smallest absolute Gasteiger partial charge is 0.321 e. The second kappa shape index (κ2) is 10.5. The predicted octanol–water partition coefficient (Wildman–Crippen LogP) is 4.07. The molecule has 4 aromatic rings. The average Bonchev–Trinajstić information content (AvgIpc) is 3.52. The summed E-state index contributed by atoms with van der Waals surface area (Å²) in [6.45, 7) is 0.653. The van der Waals surface area contributed by atoms with Crippen molar-refractivity contribution in [3.63, 3.8) is 0 Å². The van der Waals surface area contributed by atoms with Crippen molar-refractivity contribution in [3.05, 3.63) is 72.8 Å². The summed E-state index contributed by atoms with van der Waals surface area (Å²) in [6.07, 6.45) is 8.32. The van der Waals surface area contributed by atoms with Gasteiger partial charge in [-0.1, -0.05) is 6.42 Å². The molecule has 0 unspecified atom stereocenters. The first-order valence-electron chi connectivity index (χ1n) is 10.7. The van der Waals surface area contributed by atoms with Crippen LogP contribution in [0.5, 0.6) is 0 Å². The number of anilines is 1. The van der Waals surface area contributed by atoms with E-state index in [1.807, 2.05) is 6.07 Å². The van der Waals surface area contributed by atoms with Crippen LogP contribution in [0.3, 0.4) is 0 Å². The van der Waals surface area contributed by atoms with Gasteiger partial charge in [0.2, 0.25) is 0 Å². The van der Waals surface area contributed by atoms with Gasteiger partial charge in [0, 0.05) is 24.8 Å². The van der Waals surface area contributed by atoms with E-state index in [0.717, 1.165) is 42.6 Å². The van der Waals surface area contributed by atoms with Crippen molar-refractivity contribution in [2.45, 2.75) is 25.7 Å². The number of hydrogen-bond acceptors (Lipinski definition) is 5. The molecule has 9 nitrogen and oxygen atoms in total. The minimum absolute atomic E-state index is 0.178. The lowest BCUT2D eigenvalue weighted by Crippen LogP contribution is -2.32. The fourth-order valence-corrected chi connectivity index (χ4v) is 3.34. The van der Waals surface area contributed by atoms with Gasteiger partial charge in [-0.2, -0.15) is 10.2 Å². The second-order valence-electron chi connectivity index (χ2n) is 7.69. The maximum Gasteiger partial charge on any atom is 0.321 e. The fraction of sp³-hybridized carbons (Fsp3) is 0.261. The van der Waals surface area contributed by atoms with Crippen molar-refractivity contribution in [3.8, 4) is 17.1 Å². The molecular formula is C23H25FN8O. The Kier molecular flexibility index (Phi) is 7.03. The highest BCUT2D eigenvalue weighted by Crippen LogP contribution is 2.19. The topological polar surface area (TPSA) is 105 Å². The molecule has 0 aliphatic carbocycles. The Bertz CT molecular complexity index is 1160. The first-order chi connectivity index (χ1) is 16.1. The van der Waals surface area contributed by atoms with Gasteiger partial charge in [0.25, 0.3) is 0 Å². The van der Waals surface area contributed by atoms with E-state index in [-0.39, 0.29) is 11.8 Å². The summed E-state index contributed by atoms with van der Waals surface area (Å²) < 4.78 is 14.6. The molecule has 0 fully saturated rings. The zero-order valence-corrected chi connectivity index (χ0v) is 18.3. The molecule has 0 saturated heterocycles. The Morgan fingerprint density at radius 3 is 2.73 bits per heavy atom. The summed E-state index contributed by atoms with van der Waals surface area (Å²) in [6, 6.07) is 11.7. The monoisotopic (exact) mass is 448 g/mol. The first kappa shape index (κ1) is 22.1. The van der Waals surface area contributed by atoms with Crippen LogP contribution in [-0.2, 0) is 6.42 Å². The number of amides is 2. The van der Waals surface area contributed by atoms with Crippen molar-refractivity contribution in [2.75, 3.05) is 18.9 Å². The molecule has 0 radical (unpaired) electrons. The number of hydrogen-bond donors (Lipinski definition) is 2. The molecule has 3 heterocycles. The normalized spacial score (nSPS) is 10.8. The summed E-state index contributed by atoms with van der Waals surface area (Å²) in [5.41, 5.74) is 3.36. The highest BCUT2D eigenvalue weighted by Gasteiger charge is 2.10. The Morgan fingerprint density at radius 1 is 1.15 bits per heavy atom. The van der Waals surface area contributed by atoms with E-state index in [0.29, 0.717) is 18.1 Å². The maximum absolute atomic E-state index is 13.1. The summed E-state index contributed by atoms with van der Waals surface area (Å²) in [5, 5.41) is 14.2. The number of carbonyl (C=O) groups is 1. The number of benzene rings is 1. The van der Waals surface area contributed by atoms with Gasteiger partial charge in [-0.3, -0.25) is 5.10 Å². The first-order valence-corrected chi connectivity index (χ1v) is 10.7. The lowest BCUT2D eigenvalue weighted by atomic mass is 10.1. The number of pyridine rings is 1. The Balaban J connectivity index is 1.15. The highest BCUT2D eigenvalue weighted by atomic mass is 19.1. The predicted molar refractivity (Wildman–Crippen MR) is 122 cm³/mol. The van der Waals surface area contributed by atoms with E-state index in [2.05, 4.69) is 30.6 Å². The number of aryl methyl sites for hydroxylation is 1. The third-order valence-corrected chi connectivity index (χ3v) is 5.21. The number of H-pyrrole nitrogens is 1. The molecule has 0 atom stereocenters. The summed E-state index contributed by atoms with van der Waals surface area (Å²) in [5.74, 6) is 0.367. The molecule has 4 rings (SSSR count). The Labute approximate surface area is 190 Å². The molecule has 2 N–H and O–H groups in total. The molecule has 2 amide bonds. The van der Waals surface area contributed by atoms with Crippen LogP contribution in [0.2, 0.25) is 0 Å². The van der Waals surface area contributed by atoms with E-state index >= 15 is 0 Å². The number of unbranched alkanes of at least 4 members (excludes halogenated alkanes) is 2. The van der Waals surface area contributed by atoms with Crippen LogP contribution < -0.4 is 5.32 Å². The second-order valence-corrected chi connectivity index (χ2v) is 7.69. The number of halogens is 1. The summed E-state index contributed by atoms with van der Waals surface area (Å²) >= 11 is 0. The molecule has 0 aliphatic rings. The van der Waals surface area contributed by atoms with Gasteiger partial charge < -0.3 is 10.2 Å². The molecule has 3 aromatic heterocycles. The lowest BCUT2D eigenvalue weighted by Gasteiger charge is -2.17. The van der Waals surface area contributed by atoms with Crippen LogP contribution in [-0.4, -0.2) is 54.5 Å². The van der Waals surface area contributed by atoms with Crippen molar-refractivity contribution in [1.82, 2.24) is 34.8 Å². The van der Waals surface area contributed by atoms with E-state index in [9.17, 15) is 9.18 Å². The standard InChI is InChI=1S/C23H25FN8O/c1-31(23(33)28-20-10-11-22(26-14-20)32-16-25-15-27-32)12-4-2-3-5-19-13-21(30-29-19)17-6-8-18(24)9-7-17/h6-11,13-16H,2-5,12H2,1H3,(H,28,33)(H,29,30). The van der Waals surface area contributed by atoms with Crippen molar-refractivity contribution < 1.29 is 9.18 Å². The van der Waals surface area contributed by atoms with E-state index < -0.39 is 0 Å².